The van der Waals surface area contributed by atoms with Crippen molar-refractivity contribution < 1.29 is 33.4 Å². The zero-order chi connectivity index (χ0) is 28.1. The largest absolute Gasteiger partial charge is 0.426 e. The molecule has 0 aliphatic rings. The third-order valence-electron chi connectivity index (χ3n) is 5.94. The van der Waals surface area contributed by atoms with Crippen LogP contribution in [0, 0.1) is 0 Å². The van der Waals surface area contributed by atoms with Gasteiger partial charge in [-0.15, -0.1) is 0 Å². The molecular formula is C28H39O7PS. The summed E-state index contributed by atoms with van der Waals surface area (Å²) in [5, 5.41) is -1.46. The molecule has 0 saturated carbocycles. The van der Waals surface area contributed by atoms with E-state index in [1.165, 1.54) is 0 Å². The van der Waals surface area contributed by atoms with Crippen molar-refractivity contribution in [1.29, 1.82) is 0 Å². The molecule has 0 radical (unpaired) electrons. The van der Waals surface area contributed by atoms with Gasteiger partial charge in [-0.3, -0.25) is 9.59 Å². The Balaban J connectivity index is 2.40. The maximum absolute atomic E-state index is 13.3. The van der Waals surface area contributed by atoms with Crippen LogP contribution in [0.2, 0.25) is 0 Å². The number of esters is 2. The average molecular weight is 551 g/mol. The van der Waals surface area contributed by atoms with Crippen LogP contribution in [-0.4, -0.2) is 27.0 Å². The monoisotopic (exact) mass is 550 g/mol. The highest BCUT2D eigenvalue weighted by Gasteiger charge is 2.34. The molecule has 0 bridgehead atoms. The van der Waals surface area contributed by atoms with E-state index in [1.807, 2.05) is 91.8 Å². The average Bonchev–Trinajstić information content (AvgIpc) is 2.77. The molecule has 0 saturated heterocycles. The van der Waals surface area contributed by atoms with Gasteiger partial charge in [0.05, 0.1) is 6.42 Å². The summed E-state index contributed by atoms with van der Waals surface area (Å²) in [6.07, 6.45) is -0.556. The van der Waals surface area contributed by atoms with Crippen LogP contribution < -0.4 is 9.47 Å². The van der Waals surface area contributed by atoms with Crippen LogP contribution in [0.3, 0.4) is 0 Å². The molecule has 0 aromatic heterocycles. The molecule has 0 fully saturated rings. The van der Waals surface area contributed by atoms with Gasteiger partial charge < -0.3 is 19.3 Å². The van der Waals surface area contributed by atoms with Crippen molar-refractivity contribution in [3.63, 3.8) is 0 Å². The Morgan fingerprint density at radius 3 is 1.41 bits per heavy atom. The summed E-state index contributed by atoms with van der Waals surface area (Å²) in [6.45, 7) is 11.1. The van der Waals surface area contributed by atoms with Crippen molar-refractivity contribution in [2.45, 2.75) is 90.7 Å². The Bertz CT molecular complexity index is 1100. The normalized spacial score (nSPS) is 12.9. The predicted octanol–water partition coefficient (Wildman–Crippen LogP) is 7.28. The van der Waals surface area contributed by atoms with E-state index in [9.17, 15) is 23.9 Å². The molecule has 0 aliphatic carbocycles. The molecule has 0 aliphatic heterocycles. The second-order valence-corrected chi connectivity index (χ2v) is 14.2. The molecule has 2 N–H and O–H groups in total. The minimum atomic E-state index is -4.72. The highest BCUT2D eigenvalue weighted by molar-refractivity contribution is 8.55. The summed E-state index contributed by atoms with van der Waals surface area (Å²) in [5.74, 6) is -0.627. The standard InChI is InChI=1S/C28H39O7PS/c1-16(2)20-11-9-12-21(17(3)4)26(20)34-25(29)15-24(37-36(31,32)33)28(30)35-27-22(18(5)6)13-10-14-23(27)19(7)8/h9-14,16-19,24H,15H2,1-8H3,(H2,31,32,33). The lowest BCUT2D eigenvalue weighted by Crippen LogP contribution is -2.28. The Morgan fingerprint density at radius 1 is 0.730 bits per heavy atom. The summed E-state index contributed by atoms with van der Waals surface area (Å²) in [7, 11) is 0. The topological polar surface area (TPSA) is 110 Å². The van der Waals surface area contributed by atoms with Gasteiger partial charge in [-0.2, -0.15) is 0 Å². The van der Waals surface area contributed by atoms with Crippen LogP contribution in [0.1, 0.15) is 108 Å². The Hall–Kier alpha value is -2.12. The SMILES string of the molecule is CC(C)c1cccc(C(C)C)c1OC(=O)CC(SP(=O)(O)O)C(=O)Oc1c(C(C)C)cccc1C(C)C. The van der Waals surface area contributed by atoms with E-state index in [1.54, 1.807) is 0 Å². The third kappa shape index (κ3) is 8.71. The zero-order valence-electron chi connectivity index (χ0n) is 22.8. The van der Waals surface area contributed by atoms with E-state index in [0.717, 1.165) is 22.3 Å². The van der Waals surface area contributed by atoms with Gasteiger partial charge in [0.15, 0.2) is 0 Å². The van der Waals surface area contributed by atoms with Gasteiger partial charge in [0.25, 0.3) is 0 Å². The van der Waals surface area contributed by atoms with E-state index in [-0.39, 0.29) is 35.1 Å². The Kier molecular flexibility index (Phi) is 11.0. The van der Waals surface area contributed by atoms with Gasteiger partial charge in [0, 0.05) is 0 Å². The van der Waals surface area contributed by atoms with Gasteiger partial charge >= 0.3 is 18.7 Å². The quantitative estimate of drug-likeness (QED) is 0.171. The van der Waals surface area contributed by atoms with Crippen molar-refractivity contribution in [2.24, 2.45) is 0 Å². The van der Waals surface area contributed by atoms with Gasteiger partial charge in [0.2, 0.25) is 0 Å². The number of rotatable bonds is 11. The van der Waals surface area contributed by atoms with Crippen LogP contribution in [0.25, 0.3) is 0 Å². The van der Waals surface area contributed by atoms with E-state index < -0.39 is 30.4 Å². The molecule has 0 amide bonds. The lowest BCUT2D eigenvalue weighted by atomic mass is 9.94. The fourth-order valence-electron chi connectivity index (χ4n) is 4.00. The highest BCUT2D eigenvalue weighted by Crippen LogP contribution is 2.54. The summed E-state index contributed by atoms with van der Waals surface area (Å²) in [4.78, 5) is 45.6. The van der Waals surface area contributed by atoms with Crippen molar-refractivity contribution in [3.8, 4) is 11.5 Å². The highest BCUT2D eigenvalue weighted by atomic mass is 32.7. The van der Waals surface area contributed by atoms with Crippen LogP contribution in [0.4, 0.5) is 0 Å². The molecule has 1 atom stereocenters. The first-order valence-electron chi connectivity index (χ1n) is 12.5. The van der Waals surface area contributed by atoms with Crippen molar-refractivity contribution in [3.05, 3.63) is 58.7 Å². The Labute approximate surface area is 224 Å². The molecule has 2 rings (SSSR count). The first kappa shape index (κ1) is 31.1. The lowest BCUT2D eigenvalue weighted by molar-refractivity contribution is -0.140. The number of hydrogen-bond donors (Lipinski definition) is 2. The van der Waals surface area contributed by atoms with E-state index in [2.05, 4.69) is 0 Å². The van der Waals surface area contributed by atoms with Crippen LogP contribution in [-0.2, 0) is 14.2 Å². The first-order valence-corrected chi connectivity index (χ1v) is 15.6. The number of carbonyl (C=O) groups is 2. The van der Waals surface area contributed by atoms with Crippen LogP contribution in [0.5, 0.6) is 11.5 Å². The molecule has 204 valence electrons. The van der Waals surface area contributed by atoms with E-state index in [4.69, 9.17) is 9.47 Å². The zero-order valence-corrected chi connectivity index (χ0v) is 24.6. The van der Waals surface area contributed by atoms with Crippen molar-refractivity contribution >= 4 is 30.1 Å². The van der Waals surface area contributed by atoms with Crippen LogP contribution in [0.15, 0.2) is 36.4 Å². The summed E-state index contributed by atoms with van der Waals surface area (Å²) in [6, 6.07) is 11.3. The molecule has 37 heavy (non-hydrogen) atoms. The van der Waals surface area contributed by atoms with Crippen LogP contribution >= 0.6 is 18.2 Å². The maximum atomic E-state index is 13.3. The number of ether oxygens (including phenoxy) is 2. The summed E-state index contributed by atoms with van der Waals surface area (Å²) >= 11 is 0.109. The van der Waals surface area contributed by atoms with Gasteiger partial charge in [-0.1, -0.05) is 91.8 Å². The predicted molar refractivity (Wildman–Crippen MR) is 149 cm³/mol. The van der Waals surface area contributed by atoms with E-state index in [0.29, 0.717) is 11.5 Å². The summed E-state index contributed by atoms with van der Waals surface area (Å²) < 4.78 is 23.4. The van der Waals surface area contributed by atoms with Crippen molar-refractivity contribution in [1.82, 2.24) is 0 Å². The number of benzene rings is 2. The minimum absolute atomic E-state index is 0.0429. The lowest BCUT2D eigenvalue weighted by Gasteiger charge is -2.22. The van der Waals surface area contributed by atoms with Crippen molar-refractivity contribution in [2.75, 3.05) is 0 Å². The molecule has 0 heterocycles. The number of hydrogen-bond acceptors (Lipinski definition) is 6. The maximum Gasteiger partial charge on any atom is 0.384 e. The second-order valence-electron chi connectivity index (χ2n) is 10.3. The molecule has 2 aromatic rings. The molecular weight excluding hydrogens is 511 g/mol. The molecule has 1 unspecified atom stereocenters. The fourth-order valence-corrected chi connectivity index (χ4v) is 6.16. The molecule has 7 nitrogen and oxygen atoms in total. The van der Waals surface area contributed by atoms with Gasteiger partial charge in [-0.05, 0) is 57.3 Å². The second kappa shape index (κ2) is 13.1. The number of para-hydroxylation sites is 2. The van der Waals surface area contributed by atoms with Gasteiger partial charge in [-0.25, -0.2) is 4.57 Å². The summed E-state index contributed by atoms with van der Waals surface area (Å²) in [5.41, 5.74) is 3.28. The minimum Gasteiger partial charge on any atom is -0.426 e. The van der Waals surface area contributed by atoms with Gasteiger partial charge in [0.1, 0.15) is 16.7 Å². The molecule has 2 aromatic carbocycles. The smallest absolute Gasteiger partial charge is 0.384 e. The Morgan fingerprint density at radius 2 is 1.08 bits per heavy atom. The molecule has 9 heteroatoms. The third-order valence-corrected chi connectivity index (χ3v) is 8.41. The first-order chi connectivity index (χ1) is 17.1. The fraction of sp³-hybridized carbons (Fsp3) is 0.500. The molecule has 0 spiro atoms. The number of carbonyl (C=O) groups excluding carboxylic acids is 2. The van der Waals surface area contributed by atoms with E-state index >= 15 is 0 Å².